The summed E-state index contributed by atoms with van der Waals surface area (Å²) in [4.78, 5) is 2.55. The molecule has 0 saturated carbocycles. The van der Waals surface area contributed by atoms with Gasteiger partial charge >= 0.3 is 0 Å². The van der Waals surface area contributed by atoms with E-state index in [1.807, 2.05) is 0 Å². The third kappa shape index (κ3) is 1.68. The largest absolute Gasteiger partial charge is 0.314 e. The van der Waals surface area contributed by atoms with Crippen molar-refractivity contribution in [3.05, 3.63) is 0 Å². The lowest BCUT2D eigenvalue weighted by molar-refractivity contribution is 0.0592. The van der Waals surface area contributed by atoms with E-state index in [9.17, 15) is 8.42 Å². The van der Waals surface area contributed by atoms with E-state index in [0.29, 0.717) is 18.1 Å². The molecule has 92 valence electrons. The van der Waals surface area contributed by atoms with E-state index in [4.69, 9.17) is 5.14 Å². The third-order valence-corrected chi connectivity index (χ3v) is 5.71. The molecule has 0 aromatic rings. The molecule has 0 amide bonds. The van der Waals surface area contributed by atoms with E-state index in [2.05, 4.69) is 10.2 Å². The Bertz CT molecular complexity index is 366. The molecule has 3 N–H and O–H groups in total. The molecule has 2 bridgehead atoms. The van der Waals surface area contributed by atoms with E-state index in [0.717, 1.165) is 38.8 Å². The topological polar surface area (TPSA) is 75.4 Å². The van der Waals surface area contributed by atoms with Crippen molar-refractivity contribution in [2.24, 2.45) is 5.14 Å². The van der Waals surface area contributed by atoms with Crippen molar-refractivity contribution in [1.82, 2.24) is 10.2 Å². The molecule has 0 aliphatic carbocycles. The Kier molecular flexibility index (Phi) is 2.51. The van der Waals surface area contributed by atoms with Gasteiger partial charge in [-0.25, -0.2) is 13.6 Å². The summed E-state index contributed by atoms with van der Waals surface area (Å²) in [5.74, 6) is 0. The first-order valence-electron chi connectivity index (χ1n) is 6.05. The highest BCUT2D eigenvalue weighted by Crippen LogP contribution is 2.39. The number of hydrogen-bond acceptors (Lipinski definition) is 4. The van der Waals surface area contributed by atoms with Crippen molar-refractivity contribution in [2.75, 3.05) is 13.1 Å². The molecule has 3 atom stereocenters. The normalized spacial score (nSPS) is 40.9. The van der Waals surface area contributed by atoms with Crippen molar-refractivity contribution in [1.29, 1.82) is 0 Å². The predicted molar refractivity (Wildman–Crippen MR) is 61.4 cm³/mol. The maximum Gasteiger partial charge on any atom is 0.212 e. The standard InChI is InChI=1S/C10H19N3O2S/c11-16(14,15)10-3-7-1-2-8(4-10)13(7)9-5-12-6-9/h7-10,12H,1-6H2,(H2,11,14,15)/t7-,8?,10?/m0/s1. The van der Waals surface area contributed by atoms with Crippen LogP contribution in [0.25, 0.3) is 0 Å². The van der Waals surface area contributed by atoms with Crippen LogP contribution >= 0.6 is 0 Å². The minimum atomic E-state index is -3.33. The summed E-state index contributed by atoms with van der Waals surface area (Å²) in [6, 6.07) is 1.54. The third-order valence-electron chi connectivity index (χ3n) is 4.39. The van der Waals surface area contributed by atoms with Crippen LogP contribution in [0.15, 0.2) is 0 Å². The Morgan fingerprint density at radius 1 is 1.06 bits per heavy atom. The van der Waals surface area contributed by atoms with Gasteiger partial charge < -0.3 is 5.32 Å². The van der Waals surface area contributed by atoms with Gasteiger partial charge in [-0.2, -0.15) is 0 Å². The fourth-order valence-corrected chi connectivity index (χ4v) is 4.49. The molecule has 0 radical (unpaired) electrons. The molecule has 3 heterocycles. The Hall–Kier alpha value is -0.170. The summed E-state index contributed by atoms with van der Waals surface area (Å²) in [7, 11) is -3.33. The smallest absolute Gasteiger partial charge is 0.212 e. The second-order valence-electron chi connectivity index (χ2n) is 5.33. The van der Waals surface area contributed by atoms with Crippen molar-refractivity contribution in [2.45, 2.75) is 49.1 Å². The summed E-state index contributed by atoms with van der Waals surface area (Å²) in [6.45, 7) is 2.13. The molecule has 16 heavy (non-hydrogen) atoms. The van der Waals surface area contributed by atoms with Crippen LogP contribution in [0.3, 0.4) is 0 Å². The number of rotatable bonds is 2. The molecule has 5 nitrogen and oxygen atoms in total. The Morgan fingerprint density at radius 2 is 1.62 bits per heavy atom. The van der Waals surface area contributed by atoms with Crippen LogP contribution in [0, 0.1) is 0 Å². The van der Waals surface area contributed by atoms with Crippen molar-refractivity contribution >= 4 is 10.0 Å². The van der Waals surface area contributed by atoms with Crippen LogP contribution < -0.4 is 10.5 Å². The molecule has 2 unspecified atom stereocenters. The fourth-order valence-electron chi connectivity index (χ4n) is 3.51. The van der Waals surface area contributed by atoms with Crippen LogP contribution in [0.4, 0.5) is 0 Å². The minimum Gasteiger partial charge on any atom is -0.314 e. The molecule has 3 saturated heterocycles. The van der Waals surface area contributed by atoms with Gasteiger partial charge in [-0.05, 0) is 25.7 Å². The highest BCUT2D eigenvalue weighted by Gasteiger charge is 2.47. The van der Waals surface area contributed by atoms with Gasteiger partial charge in [0.25, 0.3) is 0 Å². The monoisotopic (exact) mass is 245 g/mol. The van der Waals surface area contributed by atoms with E-state index in [1.165, 1.54) is 0 Å². The maximum absolute atomic E-state index is 11.4. The molecule has 6 heteroatoms. The van der Waals surface area contributed by atoms with Crippen molar-refractivity contribution in [3.63, 3.8) is 0 Å². The highest BCUT2D eigenvalue weighted by atomic mass is 32.2. The van der Waals surface area contributed by atoms with Crippen molar-refractivity contribution in [3.8, 4) is 0 Å². The lowest BCUT2D eigenvalue weighted by atomic mass is 9.97. The zero-order valence-corrected chi connectivity index (χ0v) is 10.1. The summed E-state index contributed by atoms with van der Waals surface area (Å²) in [5.41, 5.74) is 0. The van der Waals surface area contributed by atoms with Crippen LogP contribution in [0.1, 0.15) is 25.7 Å². The minimum absolute atomic E-state index is 0.297. The van der Waals surface area contributed by atoms with Gasteiger partial charge in [0.1, 0.15) is 0 Å². The van der Waals surface area contributed by atoms with Gasteiger partial charge in [-0.1, -0.05) is 0 Å². The van der Waals surface area contributed by atoms with E-state index in [1.54, 1.807) is 0 Å². The lowest BCUT2D eigenvalue weighted by Gasteiger charge is -2.46. The summed E-state index contributed by atoms with van der Waals surface area (Å²) in [6.07, 6.45) is 3.78. The maximum atomic E-state index is 11.4. The number of nitrogens with zero attached hydrogens (tertiary/aromatic N) is 1. The fraction of sp³-hybridized carbons (Fsp3) is 1.00. The zero-order valence-electron chi connectivity index (χ0n) is 9.30. The summed E-state index contributed by atoms with van der Waals surface area (Å²) in [5, 5.41) is 8.26. The molecule has 0 spiro atoms. The Balaban J connectivity index is 1.76. The van der Waals surface area contributed by atoms with Gasteiger partial charge in [-0.3, -0.25) is 4.90 Å². The van der Waals surface area contributed by atoms with Crippen LogP contribution in [0.5, 0.6) is 0 Å². The van der Waals surface area contributed by atoms with Crippen LogP contribution in [-0.4, -0.2) is 49.8 Å². The molecule has 3 aliphatic heterocycles. The summed E-state index contributed by atoms with van der Waals surface area (Å²) < 4.78 is 22.8. The van der Waals surface area contributed by atoms with Gasteiger partial charge in [0.2, 0.25) is 10.0 Å². The highest BCUT2D eigenvalue weighted by molar-refractivity contribution is 7.89. The van der Waals surface area contributed by atoms with E-state index >= 15 is 0 Å². The molecular weight excluding hydrogens is 226 g/mol. The quantitative estimate of drug-likeness (QED) is 0.671. The Morgan fingerprint density at radius 3 is 2.00 bits per heavy atom. The average molecular weight is 245 g/mol. The number of fused-ring (bicyclic) bond motifs is 2. The number of piperidine rings is 1. The predicted octanol–water partition coefficient (Wildman–Crippen LogP) is -0.758. The van der Waals surface area contributed by atoms with Crippen LogP contribution in [0.2, 0.25) is 0 Å². The molecule has 3 fully saturated rings. The Labute approximate surface area is 96.4 Å². The van der Waals surface area contributed by atoms with Crippen molar-refractivity contribution < 1.29 is 8.42 Å². The first-order chi connectivity index (χ1) is 7.55. The first-order valence-corrected chi connectivity index (χ1v) is 7.66. The van der Waals surface area contributed by atoms with Gasteiger partial charge in [0.05, 0.1) is 5.25 Å². The lowest BCUT2D eigenvalue weighted by Crippen LogP contribution is -2.63. The molecule has 0 aromatic carbocycles. The zero-order chi connectivity index (χ0) is 11.3. The van der Waals surface area contributed by atoms with Gasteiger partial charge in [0.15, 0.2) is 0 Å². The van der Waals surface area contributed by atoms with Gasteiger partial charge in [0, 0.05) is 31.2 Å². The average Bonchev–Trinajstić information content (AvgIpc) is 2.39. The second kappa shape index (κ2) is 3.66. The molecule has 3 rings (SSSR count). The number of primary sulfonamides is 1. The van der Waals surface area contributed by atoms with E-state index in [-0.39, 0.29) is 5.25 Å². The second-order valence-corrected chi connectivity index (χ2v) is 7.17. The van der Waals surface area contributed by atoms with Gasteiger partial charge in [-0.15, -0.1) is 0 Å². The molecular formula is C10H19N3O2S. The molecule has 3 aliphatic rings. The number of nitrogens with one attached hydrogen (secondary N) is 1. The van der Waals surface area contributed by atoms with Crippen LogP contribution in [-0.2, 0) is 10.0 Å². The summed E-state index contributed by atoms with van der Waals surface area (Å²) >= 11 is 0. The van der Waals surface area contributed by atoms with E-state index < -0.39 is 10.0 Å². The first kappa shape index (κ1) is 11.0. The SMILES string of the molecule is NS(=O)(=O)C1CC2CC[C@@H](C1)N2C1CNC1. The number of sulfonamides is 1. The molecule has 0 aromatic heterocycles. The number of hydrogen-bond donors (Lipinski definition) is 2. The number of nitrogens with two attached hydrogens (primary N) is 1.